The van der Waals surface area contributed by atoms with Crippen molar-refractivity contribution in [2.75, 3.05) is 6.54 Å². The molecule has 0 unspecified atom stereocenters. The third-order valence-corrected chi connectivity index (χ3v) is 3.91. The Bertz CT molecular complexity index is 603. The number of benzene rings is 2. The summed E-state index contributed by atoms with van der Waals surface area (Å²) < 4.78 is 0. The van der Waals surface area contributed by atoms with E-state index in [1.165, 1.54) is 16.7 Å². The standard InChI is InChI=1S/C22H26NO/c1-2-3-18-23-22(24)17-11-10-16-21(19-12-6-4-7-13-19)20-14-8-5-9-15-20/h4-9,12-16H,2-3,10-11,17-18H2,1H3. The minimum absolute atomic E-state index is 0.0397. The topological polar surface area (TPSA) is 32.3 Å². The van der Waals surface area contributed by atoms with Crippen molar-refractivity contribution in [3.63, 3.8) is 0 Å². The zero-order valence-electron chi connectivity index (χ0n) is 14.4. The Morgan fingerprint density at radius 3 is 2.04 bits per heavy atom. The van der Waals surface area contributed by atoms with Gasteiger partial charge in [0, 0.05) is 13.0 Å². The lowest BCUT2D eigenvalue weighted by atomic mass is 9.96. The molecule has 2 heteroatoms. The molecular formula is C22H26NO. The molecule has 0 fully saturated rings. The molecule has 0 bridgehead atoms. The molecule has 0 heterocycles. The summed E-state index contributed by atoms with van der Waals surface area (Å²) in [7, 11) is 0. The first-order valence-electron chi connectivity index (χ1n) is 8.82. The SMILES string of the molecule is CCCCN=C([O])CCCC=C(c1ccccc1)c1ccccc1. The fourth-order valence-electron chi connectivity index (χ4n) is 2.58. The van der Waals surface area contributed by atoms with Gasteiger partial charge in [-0.05, 0) is 36.0 Å². The molecule has 0 saturated heterocycles. The van der Waals surface area contributed by atoms with Crippen LogP contribution >= 0.6 is 0 Å². The Balaban J connectivity index is 2.01. The Kier molecular flexibility index (Phi) is 7.82. The van der Waals surface area contributed by atoms with Crippen molar-refractivity contribution in [1.29, 1.82) is 0 Å². The monoisotopic (exact) mass is 320 g/mol. The molecule has 0 aliphatic rings. The summed E-state index contributed by atoms with van der Waals surface area (Å²) in [5.41, 5.74) is 3.65. The van der Waals surface area contributed by atoms with Crippen LogP contribution in [0.15, 0.2) is 71.7 Å². The van der Waals surface area contributed by atoms with E-state index in [0.717, 1.165) is 25.7 Å². The number of aliphatic imine (C=N–C) groups is 1. The van der Waals surface area contributed by atoms with Crippen LogP contribution < -0.4 is 0 Å². The number of nitrogens with zero attached hydrogens (tertiary/aromatic N) is 1. The van der Waals surface area contributed by atoms with Gasteiger partial charge in [0.1, 0.15) is 0 Å². The van der Waals surface area contributed by atoms with Crippen LogP contribution in [0.1, 0.15) is 50.2 Å². The maximum Gasteiger partial charge on any atom is 0.241 e. The van der Waals surface area contributed by atoms with E-state index in [4.69, 9.17) is 0 Å². The Labute approximate surface area is 145 Å². The number of unbranched alkanes of at least 4 members (excludes halogenated alkanes) is 2. The largest absolute Gasteiger partial charge is 0.273 e. The maximum atomic E-state index is 11.7. The predicted octanol–water partition coefficient (Wildman–Crippen LogP) is 5.92. The molecule has 2 nitrogen and oxygen atoms in total. The molecule has 2 aromatic rings. The van der Waals surface area contributed by atoms with Gasteiger partial charge in [-0.2, -0.15) is 0 Å². The molecule has 0 N–H and O–H groups in total. The summed E-state index contributed by atoms with van der Waals surface area (Å²) in [5.74, 6) is 0.0397. The van der Waals surface area contributed by atoms with Crippen LogP contribution in [0.4, 0.5) is 0 Å². The van der Waals surface area contributed by atoms with E-state index in [0.29, 0.717) is 13.0 Å². The minimum atomic E-state index is 0.0397. The highest BCUT2D eigenvalue weighted by Crippen LogP contribution is 2.24. The first-order valence-corrected chi connectivity index (χ1v) is 8.82. The molecule has 0 aliphatic carbocycles. The van der Waals surface area contributed by atoms with Gasteiger partial charge in [0.15, 0.2) is 0 Å². The second-order valence-electron chi connectivity index (χ2n) is 5.87. The summed E-state index contributed by atoms with van der Waals surface area (Å²) >= 11 is 0. The number of hydrogen-bond acceptors (Lipinski definition) is 1. The molecule has 125 valence electrons. The van der Waals surface area contributed by atoms with Gasteiger partial charge in [0.2, 0.25) is 5.90 Å². The summed E-state index contributed by atoms with van der Waals surface area (Å²) in [4.78, 5) is 4.09. The second-order valence-corrected chi connectivity index (χ2v) is 5.87. The molecule has 0 spiro atoms. The van der Waals surface area contributed by atoms with Gasteiger partial charge in [0.25, 0.3) is 0 Å². The molecule has 0 amide bonds. The van der Waals surface area contributed by atoms with Gasteiger partial charge in [0.05, 0.1) is 0 Å². The maximum absolute atomic E-state index is 11.7. The highest BCUT2D eigenvalue weighted by molar-refractivity contribution is 5.79. The van der Waals surface area contributed by atoms with Crippen molar-refractivity contribution in [3.8, 4) is 0 Å². The zero-order valence-corrected chi connectivity index (χ0v) is 14.4. The van der Waals surface area contributed by atoms with Crippen molar-refractivity contribution < 1.29 is 5.11 Å². The van der Waals surface area contributed by atoms with Crippen molar-refractivity contribution in [2.24, 2.45) is 4.99 Å². The van der Waals surface area contributed by atoms with E-state index in [2.05, 4.69) is 66.5 Å². The van der Waals surface area contributed by atoms with Crippen LogP contribution in [-0.2, 0) is 5.11 Å². The predicted molar refractivity (Wildman–Crippen MR) is 102 cm³/mol. The molecule has 0 saturated carbocycles. The van der Waals surface area contributed by atoms with Crippen LogP contribution in [0.3, 0.4) is 0 Å². The van der Waals surface area contributed by atoms with E-state index in [1.807, 2.05) is 12.1 Å². The van der Waals surface area contributed by atoms with Gasteiger partial charge in [-0.15, -0.1) is 0 Å². The zero-order chi connectivity index (χ0) is 17.0. The second kappa shape index (κ2) is 10.4. The molecule has 1 radical (unpaired) electrons. The molecule has 0 atom stereocenters. The van der Waals surface area contributed by atoms with Crippen molar-refractivity contribution in [2.45, 2.75) is 39.0 Å². The molecule has 2 aromatic carbocycles. The third-order valence-electron chi connectivity index (χ3n) is 3.91. The van der Waals surface area contributed by atoms with E-state index < -0.39 is 0 Å². The van der Waals surface area contributed by atoms with Crippen LogP contribution in [0, 0.1) is 0 Å². The minimum Gasteiger partial charge on any atom is -0.273 e. The van der Waals surface area contributed by atoms with Crippen molar-refractivity contribution >= 4 is 11.5 Å². The lowest BCUT2D eigenvalue weighted by Crippen LogP contribution is -1.96. The van der Waals surface area contributed by atoms with Gasteiger partial charge in [-0.25, -0.2) is 0 Å². The van der Waals surface area contributed by atoms with Crippen molar-refractivity contribution in [3.05, 3.63) is 77.9 Å². The average Bonchev–Trinajstić information content (AvgIpc) is 2.63. The Hall–Kier alpha value is -2.35. The van der Waals surface area contributed by atoms with Gasteiger partial charge in [-0.3, -0.25) is 10.1 Å². The lowest BCUT2D eigenvalue weighted by Gasteiger charge is -2.08. The molecule has 2 rings (SSSR count). The Morgan fingerprint density at radius 1 is 0.917 bits per heavy atom. The van der Waals surface area contributed by atoms with E-state index >= 15 is 0 Å². The van der Waals surface area contributed by atoms with Gasteiger partial charge in [-0.1, -0.05) is 80.1 Å². The first kappa shape index (κ1) is 18.0. The third kappa shape index (κ3) is 6.04. The quantitative estimate of drug-likeness (QED) is 0.312. The average molecular weight is 320 g/mol. The molecule has 0 aromatic heterocycles. The summed E-state index contributed by atoms with van der Waals surface area (Å²) in [6, 6.07) is 20.8. The lowest BCUT2D eigenvalue weighted by molar-refractivity contribution is 0.406. The van der Waals surface area contributed by atoms with Crippen LogP contribution in [0.5, 0.6) is 0 Å². The van der Waals surface area contributed by atoms with E-state index in [9.17, 15) is 5.11 Å². The number of allylic oxidation sites excluding steroid dienone is 1. The fourth-order valence-corrected chi connectivity index (χ4v) is 2.58. The van der Waals surface area contributed by atoms with E-state index in [-0.39, 0.29) is 5.90 Å². The normalized spacial score (nSPS) is 11.3. The van der Waals surface area contributed by atoms with Crippen LogP contribution in [-0.4, -0.2) is 12.4 Å². The molecule has 24 heavy (non-hydrogen) atoms. The van der Waals surface area contributed by atoms with Crippen LogP contribution in [0.25, 0.3) is 5.57 Å². The number of rotatable bonds is 9. The molecule has 0 aliphatic heterocycles. The van der Waals surface area contributed by atoms with Gasteiger partial charge >= 0.3 is 0 Å². The highest BCUT2D eigenvalue weighted by Gasteiger charge is 2.04. The summed E-state index contributed by atoms with van der Waals surface area (Å²) in [5, 5.41) is 11.7. The number of hydrogen-bond donors (Lipinski definition) is 0. The van der Waals surface area contributed by atoms with Crippen LogP contribution in [0.2, 0.25) is 0 Å². The first-order chi connectivity index (χ1) is 11.8. The smallest absolute Gasteiger partial charge is 0.241 e. The molecular weight excluding hydrogens is 294 g/mol. The highest BCUT2D eigenvalue weighted by atomic mass is 16.3. The fraction of sp³-hybridized carbons (Fsp3) is 0.318. The summed E-state index contributed by atoms with van der Waals surface area (Å²) in [6.07, 6.45) is 6.59. The van der Waals surface area contributed by atoms with Crippen molar-refractivity contribution in [1.82, 2.24) is 0 Å². The van der Waals surface area contributed by atoms with Gasteiger partial charge < -0.3 is 0 Å². The van der Waals surface area contributed by atoms with E-state index in [1.54, 1.807) is 0 Å². The Morgan fingerprint density at radius 2 is 1.50 bits per heavy atom. The summed E-state index contributed by atoms with van der Waals surface area (Å²) in [6.45, 7) is 2.78.